The number of hydrogen-bond donors (Lipinski definition) is 2. The molecule has 0 aliphatic heterocycles. The Bertz CT molecular complexity index is 650. The van der Waals surface area contributed by atoms with Gasteiger partial charge in [-0.1, -0.05) is 29.8 Å². The average Bonchev–Trinajstić information content (AvgIpc) is 2.58. The summed E-state index contributed by atoms with van der Waals surface area (Å²) in [7, 11) is 1.65. The number of benzene rings is 2. The van der Waals surface area contributed by atoms with Crippen LogP contribution in [0.4, 0.5) is 5.69 Å². The summed E-state index contributed by atoms with van der Waals surface area (Å²) in [6, 6.07) is 14.5. The summed E-state index contributed by atoms with van der Waals surface area (Å²) in [5.41, 5.74) is 0.537. The minimum atomic E-state index is -0.160. The molecule has 2 aromatic rings. The van der Waals surface area contributed by atoms with Crippen LogP contribution in [0.15, 0.2) is 48.5 Å². The van der Waals surface area contributed by atoms with E-state index >= 15 is 0 Å². The van der Waals surface area contributed by atoms with Crippen molar-refractivity contribution in [1.29, 1.82) is 0 Å². The number of carbonyl (C=O) groups is 1. The van der Waals surface area contributed by atoms with E-state index in [1.807, 2.05) is 30.3 Å². The number of hydrogen-bond acceptors (Lipinski definition) is 4. The van der Waals surface area contributed by atoms with E-state index in [1.54, 1.807) is 25.3 Å². The number of anilines is 1. The molecule has 0 heterocycles. The second-order valence-electron chi connectivity index (χ2n) is 5.13. The normalized spacial score (nSPS) is 10.4. The SMILES string of the molecule is COCCCNCC(=O)Nc1cc(Cl)ccc1Oc1ccccc1. The van der Waals surface area contributed by atoms with Gasteiger partial charge in [-0.3, -0.25) is 4.79 Å². The number of nitrogens with one attached hydrogen (secondary N) is 2. The number of ether oxygens (including phenoxy) is 2. The zero-order chi connectivity index (χ0) is 17.2. The van der Waals surface area contributed by atoms with Gasteiger partial charge in [0.05, 0.1) is 12.2 Å². The predicted molar refractivity (Wildman–Crippen MR) is 96.0 cm³/mol. The Morgan fingerprint density at radius 1 is 1.17 bits per heavy atom. The lowest BCUT2D eigenvalue weighted by molar-refractivity contribution is -0.115. The molecule has 0 aliphatic rings. The molecule has 0 saturated carbocycles. The fraction of sp³-hybridized carbons (Fsp3) is 0.278. The second kappa shape index (κ2) is 9.93. The van der Waals surface area contributed by atoms with Crippen molar-refractivity contribution < 1.29 is 14.3 Å². The Kier molecular flexibility index (Phi) is 7.55. The van der Waals surface area contributed by atoms with Crippen molar-refractivity contribution in [2.75, 3.05) is 32.1 Å². The molecular formula is C18H21ClN2O3. The first-order chi connectivity index (χ1) is 11.7. The van der Waals surface area contributed by atoms with Crippen molar-refractivity contribution >= 4 is 23.2 Å². The highest BCUT2D eigenvalue weighted by Crippen LogP contribution is 2.31. The third-order valence-corrected chi connectivity index (χ3v) is 3.41. The van der Waals surface area contributed by atoms with Gasteiger partial charge in [0, 0.05) is 18.7 Å². The summed E-state index contributed by atoms with van der Waals surface area (Å²) >= 11 is 6.03. The third-order valence-electron chi connectivity index (χ3n) is 3.17. The molecule has 0 fully saturated rings. The number of rotatable bonds is 9. The highest BCUT2D eigenvalue weighted by atomic mass is 35.5. The molecule has 1 amide bonds. The fourth-order valence-corrected chi connectivity index (χ4v) is 2.21. The summed E-state index contributed by atoms with van der Waals surface area (Å²) in [5, 5.41) is 6.41. The van der Waals surface area contributed by atoms with Crippen LogP contribution in [0.25, 0.3) is 0 Å². The molecule has 5 nitrogen and oxygen atoms in total. The molecule has 2 aromatic carbocycles. The Hall–Kier alpha value is -2.08. The van der Waals surface area contributed by atoms with Crippen LogP contribution < -0.4 is 15.4 Å². The molecule has 0 unspecified atom stereocenters. The fourth-order valence-electron chi connectivity index (χ4n) is 2.04. The zero-order valence-corrected chi connectivity index (χ0v) is 14.3. The summed E-state index contributed by atoms with van der Waals surface area (Å²) in [6.07, 6.45) is 0.851. The average molecular weight is 349 g/mol. The van der Waals surface area contributed by atoms with Crippen molar-refractivity contribution in [2.45, 2.75) is 6.42 Å². The van der Waals surface area contributed by atoms with Gasteiger partial charge >= 0.3 is 0 Å². The van der Waals surface area contributed by atoms with Gasteiger partial charge in [-0.2, -0.15) is 0 Å². The molecule has 6 heteroatoms. The van der Waals surface area contributed by atoms with Gasteiger partial charge in [0.2, 0.25) is 5.91 Å². The van der Waals surface area contributed by atoms with Crippen molar-refractivity contribution in [1.82, 2.24) is 5.32 Å². The lowest BCUT2D eigenvalue weighted by Crippen LogP contribution is -2.29. The van der Waals surface area contributed by atoms with Gasteiger partial charge in [0.15, 0.2) is 5.75 Å². The molecule has 2 N–H and O–H groups in total. The van der Waals surface area contributed by atoms with Crippen LogP contribution in [0, 0.1) is 0 Å². The maximum Gasteiger partial charge on any atom is 0.238 e. The van der Waals surface area contributed by atoms with Gasteiger partial charge in [-0.05, 0) is 43.3 Å². The summed E-state index contributed by atoms with van der Waals surface area (Å²) in [4.78, 5) is 12.1. The molecule has 0 saturated heterocycles. The number of methoxy groups -OCH3 is 1. The topological polar surface area (TPSA) is 59.6 Å². The van der Waals surface area contributed by atoms with E-state index in [-0.39, 0.29) is 12.5 Å². The number of amides is 1. The molecule has 24 heavy (non-hydrogen) atoms. The van der Waals surface area contributed by atoms with Crippen LogP contribution in [-0.4, -0.2) is 32.7 Å². The van der Waals surface area contributed by atoms with Gasteiger partial charge < -0.3 is 20.1 Å². The molecule has 128 valence electrons. The molecular weight excluding hydrogens is 328 g/mol. The van der Waals surface area contributed by atoms with Crippen LogP contribution in [0.2, 0.25) is 5.02 Å². The molecule has 0 atom stereocenters. The van der Waals surface area contributed by atoms with E-state index < -0.39 is 0 Å². The first-order valence-electron chi connectivity index (χ1n) is 7.71. The van der Waals surface area contributed by atoms with E-state index in [1.165, 1.54) is 0 Å². The number of halogens is 1. The smallest absolute Gasteiger partial charge is 0.238 e. The molecule has 0 bridgehead atoms. The highest BCUT2D eigenvalue weighted by molar-refractivity contribution is 6.31. The van der Waals surface area contributed by atoms with Crippen LogP contribution in [-0.2, 0) is 9.53 Å². The quantitative estimate of drug-likeness (QED) is 0.678. The van der Waals surface area contributed by atoms with Crippen molar-refractivity contribution in [2.24, 2.45) is 0 Å². The van der Waals surface area contributed by atoms with E-state index in [9.17, 15) is 4.79 Å². The summed E-state index contributed by atoms with van der Waals surface area (Å²) in [6.45, 7) is 1.59. The summed E-state index contributed by atoms with van der Waals surface area (Å²) in [5.74, 6) is 1.07. The van der Waals surface area contributed by atoms with Crippen LogP contribution in [0.5, 0.6) is 11.5 Å². The van der Waals surface area contributed by atoms with Crippen LogP contribution >= 0.6 is 11.6 Å². The Labute approximate surface area is 146 Å². The van der Waals surface area contributed by atoms with E-state index in [2.05, 4.69) is 10.6 Å². The molecule has 0 spiro atoms. The van der Waals surface area contributed by atoms with Crippen molar-refractivity contribution in [3.63, 3.8) is 0 Å². The standard InChI is InChI=1S/C18H21ClN2O3/c1-23-11-5-10-20-13-18(22)21-16-12-14(19)8-9-17(16)24-15-6-3-2-4-7-15/h2-4,6-9,12,20H,5,10-11,13H2,1H3,(H,21,22). The highest BCUT2D eigenvalue weighted by Gasteiger charge is 2.09. The predicted octanol–water partition coefficient (Wildman–Crippen LogP) is 3.70. The van der Waals surface area contributed by atoms with E-state index in [0.29, 0.717) is 35.4 Å². The minimum absolute atomic E-state index is 0.160. The van der Waals surface area contributed by atoms with E-state index in [0.717, 1.165) is 6.42 Å². The lowest BCUT2D eigenvalue weighted by atomic mass is 10.2. The first-order valence-corrected chi connectivity index (χ1v) is 8.09. The molecule has 0 aromatic heterocycles. The Morgan fingerprint density at radius 3 is 2.71 bits per heavy atom. The molecule has 0 aliphatic carbocycles. The Morgan fingerprint density at radius 2 is 1.96 bits per heavy atom. The summed E-state index contributed by atoms with van der Waals surface area (Å²) < 4.78 is 10.8. The Balaban J connectivity index is 1.95. The monoisotopic (exact) mass is 348 g/mol. The minimum Gasteiger partial charge on any atom is -0.455 e. The van der Waals surface area contributed by atoms with Gasteiger partial charge in [-0.15, -0.1) is 0 Å². The number of para-hydroxylation sites is 1. The molecule has 2 rings (SSSR count). The van der Waals surface area contributed by atoms with Gasteiger partial charge in [0.1, 0.15) is 5.75 Å². The first kappa shape index (κ1) is 18.3. The second-order valence-corrected chi connectivity index (χ2v) is 5.56. The largest absolute Gasteiger partial charge is 0.455 e. The third kappa shape index (κ3) is 6.20. The van der Waals surface area contributed by atoms with Gasteiger partial charge in [-0.25, -0.2) is 0 Å². The molecule has 0 radical (unpaired) electrons. The lowest BCUT2D eigenvalue weighted by Gasteiger charge is -2.13. The van der Waals surface area contributed by atoms with Crippen molar-refractivity contribution in [3.8, 4) is 11.5 Å². The van der Waals surface area contributed by atoms with Crippen LogP contribution in [0.3, 0.4) is 0 Å². The van der Waals surface area contributed by atoms with Crippen molar-refractivity contribution in [3.05, 3.63) is 53.6 Å². The maximum absolute atomic E-state index is 12.1. The number of carbonyl (C=O) groups excluding carboxylic acids is 1. The van der Waals surface area contributed by atoms with Crippen LogP contribution in [0.1, 0.15) is 6.42 Å². The van der Waals surface area contributed by atoms with Gasteiger partial charge in [0.25, 0.3) is 0 Å². The zero-order valence-electron chi connectivity index (χ0n) is 13.5. The van der Waals surface area contributed by atoms with E-state index in [4.69, 9.17) is 21.1 Å². The maximum atomic E-state index is 12.1.